The minimum Gasteiger partial charge on any atom is -0.457 e. The van der Waals surface area contributed by atoms with Crippen molar-refractivity contribution in [2.24, 2.45) is 23.8 Å². The number of aromatic nitrogens is 2. The van der Waals surface area contributed by atoms with E-state index in [1.807, 2.05) is 42.6 Å². The summed E-state index contributed by atoms with van der Waals surface area (Å²) in [5, 5.41) is 9.83. The summed E-state index contributed by atoms with van der Waals surface area (Å²) in [7, 11) is 12.6. The van der Waals surface area contributed by atoms with Crippen molar-refractivity contribution in [2.75, 3.05) is 48.5 Å². The number of hydrogen-bond acceptors (Lipinski definition) is 10. The van der Waals surface area contributed by atoms with Gasteiger partial charge in [-0.25, -0.2) is 4.98 Å². The number of piperidine rings is 1. The third-order valence-electron chi connectivity index (χ3n) is 17.0. The van der Waals surface area contributed by atoms with Crippen molar-refractivity contribution in [2.45, 2.75) is 127 Å². The van der Waals surface area contributed by atoms with Gasteiger partial charge in [0.2, 0.25) is 0 Å². The first-order valence-electron chi connectivity index (χ1n) is 24.4. The van der Waals surface area contributed by atoms with Crippen molar-refractivity contribution in [3.8, 4) is 22.8 Å². The Kier molecular flexibility index (Phi) is 13.6. The highest BCUT2D eigenvalue weighted by Crippen LogP contribution is 2.62. The van der Waals surface area contributed by atoms with Gasteiger partial charge in [0.15, 0.2) is 5.78 Å². The minimum atomic E-state index is -0.729. The molecule has 9 rings (SSSR count). The van der Waals surface area contributed by atoms with Crippen LogP contribution in [0.4, 0.5) is 0 Å². The molecule has 0 amide bonds. The zero-order valence-electron chi connectivity index (χ0n) is 40.7. The van der Waals surface area contributed by atoms with Crippen LogP contribution in [0.1, 0.15) is 70.3 Å². The molecule has 13 heteroatoms. The molecule has 5 fully saturated rings. The molecule has 4 aliphatic heterocycles. The predicted molar refractivity (Wildman–Crippen MR) is 265 cm³/mol. The molecule has 5 heterocycles. The quantitative estimate of drug-likeness (QED) is 0.137. The summed E-state index contributed by atoms with van der Waals surface area (Å²) in [6, 6.07) is 22.9. The van der Waals surface area contributed by atoms with E-state index in [0.29, 0.717) is 29.9 Å². The number of imidazole rings is 1. The number of benzene rings is 3. The highest BCUT2D eigenvalue weighted by molar-refractivity contribution is 6.31. The molecule has 3 aromatic carbocycles. The fourth-order valence-corrected chi connectivity index (χ4v) is 14.4. The van der Waals surface area contributed by atoms with Gasteiger partial charge in [-0.1, -0.05) is 62.2 Å². The van der Waals surface area contributed by atoms with Gasteiger partial charge >= 0.3 is 0 Å². The maximum Gasteiger partial charge on any atom is 0.153 e. The Bertz CT molecular complexity index is 2360. The van der Waals surface area contributed by atoms with Crippen LogP contribution in [0, 0.1) is 16.7 Å². The normalized spacial score (nSPS) is 33.7. The van der Waals surface area contributed by atoms with Gasteiger partial charge in [0.25, 0.3) is 0 Å². The summed E-state index contributed by atoms with van der Waals surface area (Å²) in [4.78, 5) is 31.9. The standard InChI is InChI=1S/C53H72Cl2N8O3/c1-11-42-48-53-45(26-39(24-34-13-18-37(54)19-14-34)61(8)50(53)41(58-48)31-65-10)56-27-33(4)60(7)49-32(3)23-46(52(49,12-2)51(53)64)63(42)29-36-15-20-38(55)25-44(36)66-40-21-16-35(17-22-40)43-28-57-47(62(43)9)30-59(5)6/h13-22,25,28,32-33,39,41-42,45-46,48-50,56,58H,11-12,23-24,26-27,29-31H2,1-10H3/t32-,33+,39+,41-,42+,45?,46?,48?,49?,50?,52?,53?/m1/s1. The van der Waals surface area contributed by atoms with Gasteiger partial charge in [0, 0.05) is 103 Å². The van der Waals surface area contributed by atoms with E-state index < -0.39 is 10.8 Å². The van der Waals surface area contributed by atoms with Crippen LogP contribution >= 0.6 is 23.2 Å². The number of ether oxygens (including phenoxy) is 2. The third kappa shape index (κ3) is 7.86. The van der Waals surface area contributed by atoms with Crippen molar-refractivity contribution in [1.29, 1.82) is 0 Å². The van der Waals surface area contributed by atoms with Crippen LogP contribution in [-0.2, 0) is 36.1 Å². The summed E-state index contributed by atoms with van der Waals surface area (Å²) in [6.45, 7) is 12.1. The Morgan fingerprint density at radius 2 is 1.65 bits per heavy atom. The fraction of sp³-hybridized carbons (Fsp3) is 0.585. The number of nitrogens with one attached hydrogen (secondary N) is 2. The number of Topliss-reactive ketones (excluding diaryl/α,β-unsaturated/α-hetero) is 1. The van der Waals surface area contributed by atoms with Crippen molar-refractivity contribution in [3.05, 3.63) is 99.9 Å². The van der Waals surface area contributed by atoms with E-state index in [4.69, 9.17) is 37.7 Å². The first kappa shape index (κ1) is 47.7. The zero-order chi connectivity index (χ0) is 46.8. The minimum absolute atomic E-state index is 0.00726. The second-order valence-electron chi connectivity index (χ2n) is 20.7. The summed E-state index contributed by atoms with van der Waals surface area (Å²) < 4.78 is 15.1. The maximum absolute atomic E-state index is 17.1. The van der Waals surface area contributed by atoms with Crippen molar-refractivity contribution in [1.82, 2.24) is 39.8 Å². The molecular weight excluding hydrogens is 868 g/mol. The second-order valence-corrected chi connectivity index (χ2v) is 21.6. The zero-order valence-corrected chi connectivity index (χ0v) is 42.2. The molecule has 356 valence electrons. The van der Waals surface area contributed by atoms with Gasteiger partial charge in [-0.05, 0) is 127 Å². The molecule has 5 aliphatic rings. The van der Waals surface area contributed by atoms with Crippen LogP contribution in [0.5, 0.6) is 11.5 Å². The lowest BCUT2D eigenvalue weighted by atomic mass is 9.54. The highest BCUT2D eigenvalue weighted by atomic mass is 35.5. The average molecular weight is 940 g/mol. The SMILES string of the molecule is CC[C@H]1C2N[C@H](COC)C3N(C)[C@@H](Cc4ccc(Cl)cc4)CC4NC[C@H](C)N(C)C5[C@H](C)CC(N1Cc1ccc(Cl)cc1Oc1ccc(-c6cnc(CN(C)C)n6C)cc1)C5(CC)C(=O)C423. The van der Waals surface area contributed by atoms with Crippen LogP contribution in [0.2, 0.25) is 10.0 Å². The molecule has 0 radical (unpaired) electrons. The first-order valence-corrected chi connectivity index (χ1v) is 25.1. The van der Waals surface area contributed by atoms with E-state index in [0.717, 1.165) is 84.4 Å². The average Bonchev–Trinajstić information content (AvgIpc) is 3.93. The van der Waals surface area contributed by atoms with E-state index in [1.54, 1.807) is 7.11 Å². The lowest BCUT2D eigenvalue weighted by molar-refractivity contribution is -0.154. The number of likely N-dealkylation sites (N-methyl/N-ethyl adjacent to an activating group) is 2. The lowest BCUT2D eigenvalue weighted by Gasteiger charge is -2.57. The number of carbonyl (C=O) groups excluding carboxylic acids is 1. The van der Waals surface area contributed by atoms with Crippen LogP contribution in [0.25, 0.3) is 11.3 Å². The van der Waals surface area contributed by atoms with Gasteiger partial charge < -0.3 is 29.6 Å². The predicted octanol–water partition coefficient (Wildman–Crippen LogP) is 8.17. The number of ketones is 1. The molecule has 2 bridgehead atoms. The van der Waals surface area contributed by atoms with E-state index >= 15 is 4.79 Å². The van der Waals surface area contributed by atoms with E-state index in [2.05, 4.69) is 128 Å². The second kappa shape index (κ2) is 18.9. The summed E-state index contributed by atoms with van der Waals surface area (Å²) in [6.07, 6.45) is 6.26. The molecular formula is C53H72Cl2N8O3. The van der Waals surface area contributed by atoms with Gasteiger partial charge in [-0.3, -0.25) is 19.5 Å². The molecule has 11 nitrogen and oxygen atoms in total. The third-order valence-corrected chi connectivity index (χ3v) is 17.5. The lowest BCUT2D eigenvalue weighted by Crippen LogP contribution is -2.73. The topological polar surface area (TPSA) is 90.4 Å². The Morgan fingerprint density at radius 1 is 0.924 bits per heavy atom. The fourth-order valence-electron chi connectivity index (χ4n) is 14.1. The first-order chi connectivity index (χ1) is 31.7. The number of halogens is 2. The van der Waals surface area contributed by atoms with Gasteiger partial charge in [0.05, 0.1) is 35.9 Å². The molecule has 7 unspecified atom stereocenters. The summed E-state index contributed by atoms with van der Waals surface area (Å²) in [5.41, 5.74) is 3.08. The van der Waals surface area contributed by atoms with Gasteiger partial charge in [-0.15, -0.1) is 0 Å². The van der Waals surface area contributed by atoms with Crippen LogP contribution < -0.4 is 15.4 Å². The van der Waals surface area contributed by atoms with Crippen molar-refractivity contribution < 1.29 is 14.3 Å². The van der Waals surface area contributed by atoms with E-state index in [1.165, 1.54) is 5.56 Å². The number of methoxy groups -OCH3 is 1. The molecule has 4 aromatic rings. The maximum atomic E-state index is 17.1. The number of hydrogen-bond donors (Lipinski definition) is 2. The van der Waals surface area contributed by atoms with Crippen molar-refractivity contribution >= 4 is 29.0 Å². The van der Waals surface area contributed by atoms with Crippen molar-refractivity contribution in [3.63, 3.8) is 0 Å². The molecule has 4 saturated heterocycles. The van der Waals surface area contributed by atoms with E-state index in [-0.39, 0.29) is 54.4 Å². The molecule has 1 saturated carbocycles. The number of carbonyl (C=O) groups is 1. The largest absolute Gasteiger partial charge is 0.457 e. The Morgan fingerprint density at radius 3 is 2.33 bits per heavy atom. The van der Waals surface area contributed by atoms with Crippen LogP contribution in [-0.4, -0.2) is 138 Å². The Hall–Kier alpha value is -3.36. The molecule has 1 aliphatic carbocycles. The monoisotopic (exact) mass is 939 g/mol. The van der Waals surface area contributed by atoms with Crippen LogP contribution in [0.15, 0.2) is 72.9 Å². The highest BCUT2D eigenvalue weighted by Gasteiger charge is 2.77. The smallest absolute Gasteiger partial charge is 0.153 e. The number of nitrogens with zero attached hydrogens (tertiary/aromatic N) is 6. The molecule has 1 spiro atoms. The van der Waals surface area contributed by atoms with Gasteiger partial charge in [-0.2, -0.15) is 0 Å². The molecule has 1 aromatic heterocycles. The number of likely N-dealkylation sites (tertiary alicyclic amines) is 2. The summed E-state index contributed by atoms with van der Waals surface area (Å²) in [5.74, 6) is 3.23. The van der Waals surface area contributed by atoms with Gasteiger partial charge in [0.1, 0.15) is 17.3 Å². The Balaban J connectivity index is 1.14. The summed E-state index contributed by atoms with van der Waals surface area (Å²) >= 11 is 13.2. The molecule has 2 N–H and O–H groups in total. The Labute approximate surface area is 403 Å². The number of rotatable bonds is 13. The molecule has 12 atom stereocenters. The molecule has 66 heavy (non-hydrogen) atoms. The van der Waals surface area contributed by atoms with Crippen LogP contribution in [0.3, 0.4) is 0 Å². The van der Waals surface area contributed by atoms with E-state index in [9.17, 15) is 0 Å².